The summed E-state index contributed by atoms with van der Waals surface area (Å²) in [5, 5.41) is -1.20. The Balaban J connectivity index is 1.82. The van der Waals surface area contributed by atoms with Crippen molar-refractivity contribution in [2.45, 2.75) is 24.5 Å². The molecular formula is C14H18FNO4S. The highest BCUT2D eigenvalue weighted by molar-refractivity contribution is 7.87. The molecule has 0 aliphatic carbocycles. The van der Waals surface area contributed by atoms with E-state index in [-0.39, 0.29) is 18.9 Å². The topological polar surface area (TPSA) is 63.7 Å². The van der Waals surface area contributed by atoms with Gasteiger partial charge in [-0.3, -0.25) is 4.79 Å². The average Bonchev–Trinajstić information content (AvgIpc) is 2.81. The molecule has 2 rings (SSSR count). The molecule has 0 N–H and O–H groups in total. The van der Waals surface area contributed by atoms with Gasteiger partial charge in [0.2, 0.25) is 5.91 Å². The van der Waals surface area contributed by atoms with Gasteiger partial charge in [-0.15, -0.1) is 3.89 Å². The van der Waals surface area contributed by atoms with Crippen LogP contribution in [-0.2, 0) is 21.4 Å². The Morgan fingerprint density at radius 2 is 2.00 bits per heavy atom. The van der Waals surface area contributed by atoms with Crippen LogP contribution in [-0.4, -0.2) is 44.7 Å². The summed E-state index contributed by atoms with van der Waals surface area (Å²) < 4.78 is 39.6. The second-order valence-corrected chi connectivity index (χ2v) is 6.71. The van der Waals surface area contributed by atoms with Crippen molar-refractivity contribution in [3.63, 3.8) is 0 Å². The van der Waals surface area contributed by atoms with Gasteiger partial charge in [0.25, 0.3) is 0 Å². The smallest absolute Gasteiger partial charge is 0.307 e. The highest BCUT2D eigenvalue weighted by Crippen LogP contribution is 2.20. The van der Waals surface area contributed by atoms with Gasteiger partial charge in [-0.1, -0.05) is 12.1 Å². The van der Waals surface area contributed by atoms with Crippen LogP contribution in [0.2, 0.25) is 0 Å². The lowest BCUT2D eigenvalue weighted by Gasteiger charge is -2.15. The van der Waals surface area contributed by atoms with Crippen LogP contribution in [0, 0.1) is 0 Å². The summed E-state index contributed by atoms with van der Waals surface area (Å²) >= 11 is 0. The summed E-state index contributed by atoms with van der Waals surface area (Å²) in [5.41, 5.74) is 1.11. The molecule has 0 aromatic heterocycles. The molecule has 1 aliphatic rings. The molecule has 21 heavy (non-hydrogen) atoms. The summed E-state index contributed by atoms with van der Waals surface area (Å²) in [7, 11) is -3.03. The van der Waals surface area contributed by atoms with Crippen LogP contribution >= 0.6 is 0 Å². The number of likely N-dealkylation sites (tertiary alicyclic amines) is 1. The van der Waals surface area contributed by atoms with Gasteiger partial charge in [-0.05, 0) is 30.5 Å². The van der Waals surface area contributed by atoms with Crippen LogP contribution in [0.15, 0.2) is 24.3 Å². The molecule has 1 atom stereocenters. The molecule has 1 aromatic carbocycles. The SMILES string of the molecule is COc1ccc(CCCN2CC(S(=O)(=O)F)CC2=O)cc1. The fourth-order valence-corrected chi connectivity index (χ4v) is 3.11. The summed E-state index contributed by atoms with van der Waals surface area (Å²) in [5.74, 6) is 0.487. The Hall–Kier alpha value is -1.63. The monoisotopic (exact) mass is 315 g/mol. The minimum absolute atomic E-state index is 0.0414. The van der Waals surface area contributed by atoms with E-state index in [1.54, 1.807) is 7.11 Å². The summed E-state index contributed by atoms with van der Waals surface area (Å²) in [4.78, 5) is 13.1. The number of aryl methyl sites for hydroxylation is 1. The van der Waals surface area contributed by atoms with Crippen LogP contribution in [0.5, 0.6) is 5.75 Å². The van der Waals surface area contributed by atoms with E-state index in [2.05, 4.69) is 0 Å². The Bertz CT molecular complexity index is 600. The molecule has 5 nitrogen and oxygen atoms in total. The zero-order chi connectivity index (χ0) is 15.5. The van der Waals surface area contributed by atoms with Crippen molar-refractivity contribution in [1.82, 2.24) is 4.90 Å². The minimum Gasteiger partial charge on any atom is -0.497 e. The van der Waals surface area contributed by atoms with Crippen molar-refractivity contribution in [3.8, 4) is 5.75 Å². The Morgan fingerprint density at radius 1 is 1.33 bits per heavy atom. The predicted octanol–water partition coefficient (Wildman–Crippen LogP) is 1.53. The maximum atomic E-state index is 12.9. The normalized spacial score (nSPS) is 19.0. The zero-order valence-corrected chi connectivity index (χ0v) is 12.6. The quantitative estimate of drug-likeness (QED) is 0.747. The van der Waals surface area contributed by atoms with Crippen molar-refractivity contribution >= 4 is 16.1 Å². The lowest BCUT2D eigenvalue weighted by atomic mass is 10.1. The van der Waals surface area contributed by atoms with E-state index < -0.39 is 15.5 Å². The number of methoxy groups -OCH3 is 1. The summed E-state index contributed by atoms with van der Waals surface area (Å²) in [6, 6.07) is 7.61. The number of hydrogen-bond donors (Lipinski definition) is 0. The molecule has 0 radical (unpaired) electrons. The highest BCUT2D eigenvalue weighted by Gasteiger charge is 2.37. The number of hydrogen-bond acceptors (Lipinski definition) is 4. The maximum absolute atomic E-state index is 12.9. The molecule has 1 unspecified atom stereocenters. The second kappa shape index (κ2) is 6.43. The van der Waals surface area contributed by atoms with Gasteiger partial charge in [0.1, 0.15) is 11.0 Å². The van der Waals surface area contributed by atoms with Crippen molar-refractivity contribution in [2.75, 3.05) is 20.2 Å². The maximum Gasteiger partial charge on any atom is 0.307 e. The number of carbonyl (C=O) groups excluding carboxylic acids is 1. The van der Waals surface area contributed by atoms with E-state index in [0.717, 1.165) is 17.7 Å². The van der Waals surface area contributed by atoms with Crippen LogP contribution in [0.1, 0.15) is 18.4 Å². The van der Waals surface area contributed by atoms with Crippen molar-refractivity contribution < 1.29 is 21.8 Å². The molecule has 0 spiro atoms. The lowest BCUT2D eigenvalue weighted by Crippen LogP contribution is -2.28. The molecular weight excluding hydrogens is 297 g/mol. The zero-order valence-electron chi connectivity index (χ0n) is 11.8. The molecule has 1 saturated heterocycles. The molecule has 1 aliphatic heterocycles. The number of nitrogens with zero attached hydrogens (tertiary/aromatic N) is 1. The van der Waals surface area contributed by atoms with Gasteiger partial charge in [0.15, 0.2) is 0 Å². The number of ether oxygens (including phenoxy) is 1. The molecule has 1 heterocycles. The van der Waals surface area contributed by atoms with Crippen LogP contribution in [0.25, 0.3) is 0 Å². The highest BCUT2D eigenvalue weighted by atomic mass is 32.3. The molecule has 1 fully saturated rings. The fraction of sp³-hybridized carbons (Fsp3) is 0.500. The average molecular weight is 315 g/mol. The molecule has 1 amide bonds. The first-order valence-electron chi connectivity index (χ1n) is 6.74. The van der Waals surface area contributed by atoms with E-state index in [9.17, 15) is 17.1 Å². The Kier molecular flexibility index (Phi) is 4.82. The number of benzene rings is 1. The van der Waals surface area contributed by atoms with Crippen LogP contribution in [0.3, 0.4) is 0 Å². The minimum atomic E-state index is -4.63. The third-order valence-electron chi connectivity index (χ3n) is 3.63. The van der Waals surface area contributed by atoms with Crippen molar-refractivity contribution in [1.29, 1.82) is 0 Å². The van der Waals surface area contributed by atoms with E-state index in [1.807, 2.05) is 24.3 Å². The van der Waals surface area contributed by atoms with Crippen LogP contribution < -0.4 is 4.74 Å². The van der Waals surface area contributed by atoms with Gasteiger partial charge < -0.3 is 9.64 Å². The number of rotatable bonds is 6. The first-order valence-corrected chi connectivity index (χ1v) is 8.19. The van der Waals surface area contributed by atoms with Crippen molar-refractivity contribution in [2.24, 2.45) is 0 Å². The summed E-state index contributed by atoms with van der Waals surface area (Å²) in [6.45, 7) is 0.400. The number of halogens is 1. The third-order valence-corrected chi connectivity index (χ3v) is 4.74. The third kappa shape index (κ3) is 4.17. The molecule has 0 bridgehead atoms. The standard InChI is InChI=1S/C14H18FNO4S/c1-20-12-6-4-11(5-7-12)3-2-8-16-10-13(9-14(16)17)21(15,18)19/h4-7,13H,2-3,8-10H2,1H3. The van der Waals surface area contributed by atoms with Crippen LogP contribution in [0.4, 0.5) is 3.89 Å². The van der Waals surface area contributed by atoms with E-state index in [1.165, 1.54) is 4.90 Å². The largest absolute Gasteiger partial charge is 0.497 e. The van der Waals surface area contributed by atoms with Gasteiger partial charge >= 0.3 is 10.2 Å². The van der Waals surface area contributed by atoms with E-state index >= 15 is 0 Å². The van der Waals surface area contributed by atoms with Gasteiger partial charge in [0, 0.05) is 19.5 Å². The Labute approximate surface area is 123 Å². The van der Waals surface area contributed by atoms with E-state index in [0.29, 0.717) is 13.0 Å². The van der Waals surface area contributed by atoms with Gasteiger partial charge in [-0.25, -0.2) is 0 Å². The van der Waals surface area contributed by atoms with E-state index in [4.69, 9.17) is 4.74 Å². The van der Waals surface area contributed by atoms with Crippen molar-refractivity contribution in [3.05, 3.63) is 29.8 Å². The predicted molar refractivity (Wildman–Crippen MR) is 76.3 cm³/mol. The lowest BCUT2D eigenvalue weighted by molar-refractivity contribution is -0.127. The fourth-order valence-electron chi connectivity index (χ4n) is 2.41. The molecule has 116 valence electrons. The van der Waals surface area contributed by atoms with Gasteiger partial charge in [0.05, 0.1) is 7.11 Å². The second-order valence-electron chi connectivity index (χ2n) is 5.09. The molecule has 0 saturated carbocycles. The van der Waals surface area contributed by atoms with Gasteiger partial charge in [-0.2, -0.15) is 8.42 Å². The molecule has 7 heteroatoms. The summed E-state index contributed by atoms with van der Waals surface area (Å²) in [6.07, 6.45) is 1.22. The Morgan fingerprint density at radius 3 is 2.52 bits per heavy atom. The number of carbonyl (C=O) groups is 1. The molecule has 1 aromatic rings. The first kappa shape index (κ1) is 15.8. The number of amides is 1. The first-order chi connectivity index (χ1) is 9.90.